The van der Waals surface area contributed by atoms with Gasteiger partial charge in [-0.3, -0.25) is 4.79 Å². The molecule has 1 saturated heterocycles. The SMILES string of the molecule is COC(=O)C1CCCN1C(=O)c1cc(O)ccc1O. The molecule has 1 aliphatic rings. The highest BCUT2D eigenvalue weighted by Gasteiger charge is 2.36. The number of hydrogen-bond acceptors (Lipinski definition) is 5. The van der Waals surface area contributed by atoms with Crippen molar-refractivity contribution in [3.05, 3.63) is 23.8 Å². The molecule has 0 radical (unpaired) electrons. The summed E-state index contributed by atoms with van der Waals surface area (Å²) in [6, 6.07) is 3.09. The number of hydrogen-bond donors (Lipinski definition) is 2. The molecule has 0 saturated carbocycles. The molecule has 1 heterocycles. The molecule has 1 fully saturated rings. The fraction of sp³-hybridized carbons (Fsp3) is 0.385. The highest BCUT2D eigenvalue weighted by molar-refractivity contribution is 5.99. The largest absolute Gasteiger partial charge is 0.508 e. The van der Waals surface area contributed by atoms with Crippen molar-refractivity contribution in [2.45, 2.75) is 18.9 Å². The van der Waals surface area contributed by atoms with E-state index < -0.39 is 17.9 Å². The number of esters is 1. The number of rotatable bonds is 2. The zero-order valence-electron chi connectivity index (χ0n) is 10.5. The van der Waals surface area contributed by atoms with Crippen LogP contribution in [-0.4, -0.2) is 46.7 Å². The smallest absolute Gasteiger partial charge is 0.328 e. The molecule has 6 heteroatoms. The minimum atomic E-state index is -0.626. The summed E-state index contributed by atoms with van der Waals surface area (Å²) in [6.45, 7) is 0.424. The van der Waals surface area contributed by atoms with Gasteiger partial charge in [-0.25, -0.2) is 4.79 Å². The zero-order chi connectivity index (χ0) is 14.0. The molecule has 102 valence electrons. The summed E-state index contributed by atoms with van der Waals surface area (Å²) in [5.74, 6) is -1.29. The first-order chi connectivity index (χ1) is 9.04. The first-order valence-electron chi connectivity index (χ1n) is 5.95. The number of aromatic hydroxyl groups is 2. The molecule has 0 aromatic heterocycles. The van der Waals surface area contributed by atoms with Crippen LogP contribution in [0, 0.1) is 0 Å². The number of carbonyl (C=O) groups is 2. The lowest BCUT2D eigenvalue weighted by Crippen LogP contribution is -2.41. The van der Waals surface area contributed by atoms with Crippen molar-refractivity contribution in [2.24, 2.45) is 0 Å². The van der Waals surface area contributed by atoms with Gasteiger partial charge in [-0.1, -0.05) is 0 Å². The summed E-state index contributed by atoms with van der Waals surface area (Å²) in [7, 11) is 1.27. The molecule has 2 N–H and O–H groups in total. The molecule has 1 unspecified atom stereocenters. The summed E-state index contributed by atoms with van der Waals surface area (Å²) >= 11 is 0. The fourth-order valence-electron chi connectivity index (χ4n) is 2.24. The van der Waals surface area contributed by atoms with E-state index in [4.69, 9.17) is 0 Å². The van der Waals surface area contributed by atoms with Crippen LogP contribution in [-0.2, 0) is 9.53 Å². The Morgan fingerprint density at radius 1 is 1.37 bits per heavy atom. The number of likely N-dealkylation sites (tertiary alicyclic amines) is 1. The molecular formula is C13H15NO5. The first kappa shape index (κ1) is 13.2. The van der Waals surface area contributed by atoms with E-state index in [2.05, 4.69) is 4.74 Å². The number of methoxy groups -OCH3 is 1. The van der Waals surface area contributed by atoms with Gasteiger partial charge in [0.15, 0.2) is 0 Å². The van der Waals surface area contributed by atoms with E-state index >= 15 is 0 Å². The predicted octanol–water partition coefficient (Wildman–Crippen LogP) is 0.875. The average Bonchev–Trinajstić information content (AvgIpc) is 2.89. The van der Waals surface area contributed by atoms with Crippen molar-refractivity contribution in [3.63, 3.8) is 0 Å². The maximum atomic E-state index is 12.3. The number of nitrogens with zero attached hydrogens (tertiary/aromatic N) is 1. The lowest BCUT2D eigenvalue weighted by atomic mass is 10.1. The Kier molecular flexibility index (Phi) is 3.59. The van der Waals surface area contributed by atoms with Crippen LogP contribution in [0.4, 0.5) is 0 Å². The van der Waals surface area contributed by atoms with Crippen LogP contribution in [0.5, 0.6) is 11.5 Å². The van der Waals surface area contributed by atoms with Crippen molar-refractivity contribution in [1.29, 1.82) is 0 Å². The van der Waals surface area contributed by atoms with E-state index in [1.807, 2.05) is 0 Å². The van der Waals surface area contributed by atoms with Crippen LogP contribution < -0.4 is 0 Å². The molecule has 1 aliphatic heterocycles. The summed E-state index contributed by atoms with van der Waals surface area (Å²) < 4.78 is 4.66. The van der Waals surface area contributed by atoms with Crippen LogP contribution in [0.25, 0.3) is 0 Å². The highest BCUT2D eigenvalue weighted by atomic mass is 16.5. The van der Waals surface area contributed by atoms with E-state index in [1.165, 1.54) is 30.2 Å². The van der Waals surface area contributed by atoms with E-state index in [-0.39, 0.29) is 17.1 Å². The lowest BCUT2D eigenvalue weighted by Gasteiger charge is -2.23. The average molecular weight is 265 g/mol. The topological polar surface area (TPSA) is 87.1 Å². The second kappa shape index (κ2) is 5.17. The summed E-state index contributed by atoms with van der Waals surface area (Å²) in [5.41, 5.74) is -0.0178. The van der Waals surface area contributed by atoms with Gasteiger partial charge >= 0.3 is 5.97 Å². The third kappa shape index (κ3) is 2.47. The zero-order valence-corrected chi connectivity index (χ0v) is 10.5. The number of phenols is 2. The normalized spacial score (nSPS) is 18.4. The van der Waals surface area contributed by atoms with Crippen LogP contribution in [0.3, 0.4) is 0 Å². The first-order valence-corrected chi connectivity index (χ1v) is 5.95. The molecule has 6 nitrogen and oxygen atoms in total. The van der Waals surface area contributed by atoms with E-state index in [1.54, 1.807) is 0 Å². The minimum Gasteiger partial charge on any atom is -0.508 e. The van der Waals surface area contributed by atoms with E-state index in [0.717, 1.165) is 0 Å². The van der Waals surface area contributed by atoms with Crippen LogP contribution >= 0.6 is 0 Å². The van der Waals surface area contributed by atoms with Crippen molar-refractivity contribution in [2.75, 3.05) is 13.7 Å². The Bertz CT molecular complexity index is 514. The molecule has 1 aromatic rings. The van der Waals surface area contributed by atoms with Gasteiger partial charge in [-0.05, 0) is 31.0 Å². The molecule has 1 aromatic carbocycles. The maximum absolute atomic E-state index is 12.3. The Hall–Kier alpha value is -2.24. The number of ether oxygens (including phenoxy) is 1. The Labute approximate surface area is 110 Å². The second-order valence-electron chi connectivity index (χ2n) is 4.38. The third-order valence-corrected chi connectivity index (χ3v) is 3.20. The van der Waals surface area contributed by atoms with Gasteiger partial charge in [0, 0.05) is 6.54 Å². The minimum absolute atomic E-state index is 0.0178. The van der Waals surface area contributed by atoms with Gasteiger partial charge < -0.3 is 19.8 Å². The molecule has 0 aliphatic carbocycles. The van der Waals surface area contributed by atoms with E-state index in [9.17, 15) is 19.8 Å². The van der Waals surface area contributed by atoms with Gasteiger partial charge in [0.25, 0.3) is 5.91 Å². The van der Waals surface area contributed by atoms with Gasteiger partial charge in [-0.15, -0.1) is 0 Å². The lowest BCUT2D eigenvalue weighted by molar-refractivity contribution is -0.145. The van der Waals surface area contributed by atoms with Crippen molar-refractivity contribution < 1.29 is 24.5 Å². The number of benzene rings is 1. The molecule has 1 amide bonds. The maximum Gasteiger partial charge on any atom is 0.328 e. The molecule has 0 bridgehead atoms. The summed E-state index contributed by atoms with van der Waals surface area (Å²) in [5, 5.41) is 19.0. The molecule has 1 atom stereocenters. The van der Waals surface area contributed by atoms with Gasteiger partial charge in [0.2, 0.25) is 0 Å². The summed E-state index contributed by atoms with van der Waals surface area (Å²) in [4.78, 5) is 25.2. The third-order valence-electron chi connectivity index (χ3n) is 3.20. The monoisotopic (exact) mass is 265 g/mol. The number of carbonyl (C=O) groups excluding carboxylic acids is 2. The molecular weight excluding hydrogens is 250 g/mol. The van der Waals surface area contributed by atoms with Gasteiger partial charge in [0.1, 0.15) is 17.5 Å². The quantitative estimate of drug-likeness (QED) is 0.612. The van der Waals surface area contributed by atoms with Crippen molar-refractivity contribution in [1.82, 2.24) is 4.90 Å². The standard InChI is InChI=1S/C13H15NO5/c1-19-13(18)10-3-2-6-14(10)12(17)9-7-8(15)4-5-11(9)16/h4-5,7,10,15-16H,2-3,6H2,1H3. The number of phenolic OH excluding ortho intramolecular Hbond substituents is 2. The van der Waals surface area contributed by atoms with Crippen molar-refractivity contribution in [3.8, 4) is 11.5 Å². The molecule has 0 spiro atoms. The number of amides is 1. The van der Waals surface area contributed by atoms with Crippen LogP contribution in [0.1, 0.15) is 23.2 Å². The summed E-state index contributed by atoms with van der Waals surface area (Å²) in [6.07, 6.45) is 1.24. The van der Waals surface area contributed by atoms with Gasteiger partial charge in [-0.2, -0.15) is 0 Å². The second-order valence-corrected chi connectivity index (χ2v) is 4.38. The van der Waals surface area contributed by atoms with Crippen LogP contribution in [0.2, 0.25) is 0 Å². The molecule has 2 rings (SSSR count). The van der Waals surface area contributed by atoms with E-state index in [0.29, 0.717) is 19.4 Å². The van der Waals surface area contributed by atoms with Crippen molar-refractivity contribution >= 4 is 11.9 Å². The Morgan fingerprint density at radius 2 is 2.11 bits per heavy atom. The highest BCUT2D eigenvalue weighted by Crippen LogP contribution is 2.27. The molecule has 19 heavy (non-hydrogen) atoms. The Balaban J connectivity index is 2.28. The fourth-order valence-corrected chi connectivity index (χ4v) is 2.24. The Morgan fingerprint density at radius 3 is 2.79 bits per heavy atom. The van der Waals surface area contributed by atoms with Crippen LogP contribution in [0.15, 0.2) is 18.2 Å². The van der Waals surface area contributed by atoms with Gasteiger partial charge in [0.05, 0.1) is 12.7 Å². The predicted molar refractivity (Wildman–Crippen MR) is 65.8 cm³/mol.